The number of hydrogen-bond acceptors (Lipinski definition) is 16. The van der Waals surface area contributed by atoms with Gasteiger partial charge in [-0.1, -0.05) is 96.1 Å². The predicted octanol–water partition coefficient (Wildman–Crippen LogP) is 21.2. The third-order valence-corrected chi connectivity index (χ3v) is 29.7. The Morgan fingerprint density at radius 2 is 0.718 bits per heavy atom. The van der Waals surface area contributed by atoms with Crippen LogP contribution in [0.5, 0.6) is 23.0 Å². The van der Waals surface area contributed by atoms with Gasteiger partial charge in [0.15, 0.2) is 33.3 Å². The lowest BCUT2D eigenvalue weighted by Crippen LogP contribution is -2.42. The number of phenolic OH excluding ortho intramolecular Hbond substituents is 3. The predicted molar refractivity (Wildman–Crippen MR) is 435 cm³/mol. The monoisotopic (exact) mass is 1590 g/mol. The number of unbranched alkanes of at least 4 members (excludes halogenated alkanes) is 10. The van der Waals surface area contributed by atoms with Gasteiger partial charge in [-0.05, 0) is 264 Å². The lowest BCUT2D eigenvalue weighted by atomic mass is 9.84. The highest BCUT2D eigenvalue weighted by atomic mass is 79.9. The van der Waals surface area contributed by atoms with E-state index in [0.29, 0.717) is 33.6 Å². The first-order valence-electron chi connectivity index (χ1n) is 35.2. The van der Waals surface area contributed by atoms with Crippen molar-refractivity contribution >= 4 is 77.8 Å². The Kier molecular flexibility index (Phi) is 37.7. The molecular formula is C80H105BBr2N8O8Si4. The molecule has 0 saturated carbocycles. The van der Waals surface area contributed by atoms with E-state index in [1.807, 2.05) is 76.2 Å². The Labute approximate surface area is 635 Å². The standard InChI is InChI=1S/C25H38N2O2Si2.C13H31BrOSi2.C12H15BN2O2.2C12H8N2O.C6H5BrO/c1-30(2,3)29-31(4,5)19-11-9-7-6-8-10-18-28-24-15-13-23(14-16-24)25-17-12-22(20-26)21-27-25;1-16(2,3)15-17(4,5)13-11-9-7-6-8-10-12-14;1-11(2)12(3,4)17-13(16-11)10-6-5-9(7-14)8-15-10;2*13-7-9-1-6-12(14-8-9)10-2-4-11(15)5-3-10;7-5-1-3-6(8)4-2-5/h12-17,21H,6-11,18-19H2,1-5H3;6-13H2,1-5H3;5-6,8H,1-4H3;2*1-6,8,15H;1-4,8H. The van der Waals surface area contributed by atoms with Gasteiger partial charge in [0.25, 0.3) is 0 Å². The van der Waals surface area contributed by atoms with Gasteiger partial charge in [0, 0.05) is 51.3 Å². The van der Waals surface area contributed by atoms with Gasteiger partial charge in [-0.15, -0.1) is 0 Å². The smallest absolute Gasteiger partial charge is 0.508 e. The summed E-state index contributed by atoms with van der Waals surface area (Å²) in [5, 5.41) is 62.9. The molecular weight excluding hydrogens is 1480 g/mol. The third-order valence-electron chi connectivity index (χ3n) is 16.2. The quantitative estimate of drug-likeness (QED) is 0.0259. The maximum atomic E-state index is 9.12. The van der Waals surface area contributed by atoms with Crippen LogP contribution in [0.15, 0.2) is 175 Å². The van der Waals surface area contributed by atoms with Crippen LogP contribution in [0.3, 0.4) is 0 Å². The number of phenols is 3. The Morgan fingerprint density at radius 1 is 0.408 bits per heavy atom. The van der Waals surface area contributed by atoms with Crippen molar-refractivity contribution in [3.05, 3.63) is 197 Å². The van der Waals surface area contributed by atoms with E-state index in [-0.39, 0.29) is 22.7 Å². The highest BCUT2D eigenvalue weighted by Gasteiger charge is 2.52. The minimum atomic E-state index is -1.46. The summed E-state index contributed by atoms with van der Waals surface area (Å²) in [6, 6.07) is 53.3. The second-order valence-corrected chi connectivity index (χ2v) is 49.0. The summed E-state index contributed by atoms with van der Waals surface area (Å²) < 4.78 is 31.3. The van der Waals surface area contributed by atoms with Gasteiger partial charge in [0.2, 0.25) is 0 Å². The molecule has 9 rings (SSSR count). The average molecular weight is 1590 g/mol. The van der Waals surface area contributed by atoms with Crippen molar-refractivity contribution in [3.63, 3.8) is 0 Å². The fraction of sp³-hybridized carbons (Fsp3) is 0.400. The number of aromatic hydroxyl groups is 3. The molecule has 1 aliphatic heterocycles. The van der Waals surface area contributed by atoms with Gasteiger partial charge in [0.05, 0.1) is 62.7 Å². The molecule has 0 radical (unpaired) electrons. The zero-order valence-corrected chi connectivity index (χ0v) is 69.9. The summed E-state index contributed by atoms with van der Waals surface area (Å²) in [6.45, 7) is 32.1. The van der Waals surface area contributed by atoms with Crippen molar-refractivity contribution < 1.29 is 37.6 Å². The van der Waals surface area contributed by atoms with Crippen LogP contribution in [-0.4, -0.2) is 98.8 Å². The molecule has 16 nitrogen and oxygen atoms in total. The normalized spacial score (nSPS) is 12.7. The molecule has 0 aliphatic carbocycles. The van der Waals surface area contributed by atoms with E-state index in [4.69, 9.17) is 58.6 Å². The molecule has 4 aromatic heterocycles. The fourth-order valence-corrected chi connectivity index (χ4v) is 27.5. The van der Waals surface area contributed by atoms with Crippen molar-refractivity contribution in [1.82, 2.24) is 19.9 Å². The number of nitrogens with zero attached hydrogens (tertiary/aromatic N) is 8. The van der Waals surface area contributed by atoms with E-state index >= 15 is 0 Å². The first-order valence-corrected chi connectivity index (χ1v) is 50.2. The SMILES string of the molecule is CC1(C)OB(c2ccc(C#N)cn2)OC1(C)C.C[Si](C)(C)O[Si](C)(C)CCCCCCCCBr.C[Si](C)(C)O[Si](C)(C)CCCCCCCCOc1ccc(-c2ccc(C#N)cn2)cc1.N#Cc1ccc(-c2ccc(O)cc2)nc1.N#Cc1ccc(-c2ccc(O)cc2)nc1.Oc1ccc(Br)cc1. The molecule has 0 bridgehead atoms. The number of rotatable bonds is 26. The van der Waals surface area contributed by atoms with E-state index in [0.717, 1.165) is 62.4 Å². The lowest BCUT2D eigenvalue weighted by Gasteiger charge is -2.32. The maximum Gasteiger partial charge on any atom is 0.514 e. The summed E-state index contributed by atoms with van der Waals surface area (Å²) in [5.41, 5.74) is 7.44. The molecule has 1 aliphatic rings. The van der Waals surface area contributed by atoms with Gasteiger partial charge in [-0.3, -0.25) is 19.9 Å². The zero-order valence-electron chi connectivity index (χ0n) is 62.8. The third kappa shape index (κ3) is 35.6. The number of ether oxygens (including phenoxy) is 1. The Hall–Kier alpha value is -7.63. The highest BCUT2D eigenvalue weighted by Crippen LogP contribution is 2.36. The van der Waals surface area contributed by atoms with Gasteiger partial charge >= 0.3 is 7.12 Å². The Balaban J connectivity index is 0.000000273. The molecule has 5 heterocycles. The Morgan fingerprint density at radius 3 is 1.02 bits per heavy atom. The summed E-state index contributed by atoms with van der Waals surface area (Å²) in [5.74, 6) is 1.65. The number of benzene rings is 4. The summed E-state index contributed by atoms with van der Waals surface area (Å²) in [4.78, 5) is 16.8. The van der Waals surface area contributed by atoms with Crippen LogP contribution in [0.1, 0.15) is 127 Å². The summed E-state index contributed by atoms with van der Waals surface area (Å²) in [6.07, 6.45) is 22.0. The molecule has 0 atom stereocenters. The van der Waals surface area contributed by atoms with Crippen LogP contribution in [0, 0.1) is 45.3 Å². The zero-order chi connectivity index (χ0) is 76.1. The largest absolute Gasteiger partial charge is 0.514 e. The summed E-state index contributed by atoms with van der Waals surface area (Å²) in [7, 11) is -6.01. The fourth-order valence-electron chi connectivity index (χ4n) is 10.6. The van der Waals surface area contributed by atoms with E-state index in [1.165, 1.54) is 101 Å². The minimum absolute atomic E-state index is 0.229. The second kappa shape index (κ2) is 44.2. The van der Waals surface area contributed by atoms with Crippen molar-refractivity contribution in [3.8, 4) is 81.0 Å². The molecule has 0 unspecified atom stereocenters. The van der Waals surface area contributed by atoms with Crippen molar-refractivity contribution in [2.75, 3.05) is 11.9 Å². The van der Waals surface area contributed by atoms with Crippen LogP contribution in [0.2, 0.25) is 77.6 Å². The molecule has 1 fully saturated rings. The van der Waals surface area contributed by atoms with Crippen LogP contribution in [0.4, 0.5) is 0 Å². The van der Waals surface area contributed by atoms with E-state index in [9.17, 15) is 0 Å². The molecule has 103 heavy (non-hydrogen) atoms. The van der Waals surface area contributed by atoms with Crippen molar-refractivity contribution in [2.45, 2.75) is 194 Å². The molecule has 4 aromatic carbocycles. The van der Waals surface area contributed by atoms with Crippen molar-refractivity contribution in [1.29, 1.82) is 21.0 Å². The van der Waals surface area contributed by atoms with Crippen LogP contribution < -0.4 is 10.3 Å². The molecule has 0 amide bonds. The van der Waals surface area contributed by atoms with E-state index in [2.05, 4.69) is 123 Å². The second-order valence-electron chi connectivity index (χ2n) is 29.1. The first kappa shape index (κ1) is 87.8. The van der Waals surface area contributed by atoms with Gasteiger partial charge in [-0.2, -0.15) is 21.0 Å². The van der Waals surface area contributed by atoms with Crippen LogP contribution in [0.25, 0.3) is 33.8 Å². The number of halogens is 2. The van der Waals surface area contributed by atoms with Gasteiger partial charge in [-0.25, -0.2) is 0 Å². The number of aromatic nitrogens is 4. The van der Waals surface area contributed by atoms with Crippen LogP contribution in [-0.2, 0) is 17.5 Å². The van der Waals surface area contributed by atoms with Crippen molar-refractivity contribution in [2.24, 2.45) is 0 Å². The molecule has 1 saturated heterocycles. The average Bonchev–Trinajstić information content (AvgIpc) is 1.63. The number of pyridine rings is 4. The molecule has 0 spiro atoms. The summed E-state index contributed by atoms with van der Waals surface area (Å²) >= 11 is 6.71. The van der Waals surface area contributed by atoms with Gasteiger partial charge < -0.3 is 37.6 Å². The number of nitriles is 4. The van der Waals surface area contributed by atoms with Crippen LogP contribution >= 0.6 is 31.9 Å². The van der Waals surface area contributed by atoms with E-state index < -0.39 is 40.4 Å². The molecule has 3 N–H and O–H groups in total. The minimum Gasteiger partial charge on any atom is -0.508 e. The number of hydrogen-bond donors (Lipinski definition) is 3. The highest BCUT2D eigenvalue weighted by molar-refractivity contribution is 9.10. The molecule has 546 valence electrons. The van der Waals surface area contributed by atoms with Gasteiger partial charge in [0.1, 0.15) is 47.3 Å². The topological polar surface area (TPSA) is 254 Å². The molecule has 23 heteroatoms. The lowest BCUT2D eigenvalue weighted by molar-refractivity contribution is 0.00578. The first-order chi connectivity index (χ1) is 48.7. The Bertz CT molecular complexity index is 3780. The maximum absolute atomic E-state index is 9.12. The number of alkyl halides is 1. The van der Waals surface area contributed by atoms with E-state index in [1.54, 1.807) is 121 Å². The molecule has 8 aromatic rings.